The van der Waals surface area contributed by atoms with E-state index in [1.807, 2.05) is 74.5 Å². The Morgan fingerprint density at radius 2 is 1.81 bits per heavy atom. The second-order valence-corrected chi connectivity index (χ2v) is 10.1. The maximum Gasteiger partial charge on any atom is 0.338 e. The molecule has 37 heavy (non-hydrogen) atoms. The number of hydrogen-bond donors (Lipinski definition) is 0. The Morgan fingerprint density at radius 3 is 2.59 bits per heavy atom. The summed E-state index contributed by atoms with van der Waals surface area (Å²) in [5, 5.41) is 2.16. The number of nitrogens with zero attached hydrogens (tertiary/aromatic N) is 2. The van der Waals surface area contributed by atoms with Crippen molar-refractivity contribution >= 4 is 34.2 Å². The molecule has 4 aromatic rings. The lowest BCUT2D eigenvalue weighted by molar-refractivity contribution is -0.139. The number of ether oxygens (including phenoxy) is 2. The predicted octanol–water partition coefficient (Wildman–Crippen LogP) is 4.74. The van der Waals surface area contributed by atoms with Crippen LogP contribution in [0.4, 0.5) is 0 Å². The maximum atomic E-state index is 14.0. The highest BCUT2D eigenvalue weighted by atomic mass is 32.1. The second-order valence-electron chi connectivity index (χ2n) is 9.08. The number of hydrogen-bond acceptors (Lipinski definition) is 6. The molecule has 0 N–H and O–H groups in total. The number of aromatic nitrogens is 1. The molecule has 0 unspecified atom stereocenters. The van der Waals surface area contributed by atoms with Crippen molar-refractivity contribution in [3.05, 3.63) is 109 Å². The van der Waals surface area contributed by atoms with Crippen LogP contribution in [0.15, 0.2) is 87.8 Å². The Kier molecular flexibility index (Phi) is 6.80. The Bertz CT molecular complexity index is 1710. The first-order valence-electron chi connectivity index (χ1n) is 12.3. The van der Waals surface area contributed by atoms with E-state index in [1.54, 1.807) is 18.4 Å². The molecule has 1 aliphatic rings. The van der Waals surface area contributed by atoms with Gasteiger partial charge in [0.25, 0.3) is 5.56 Å². The number of fused-ring (bicyclic) bond motifs is 2. The van der Waals surface area contributed by atoms with E-state index in [2.05, 4.69) is 17.1 Å². The molecule has 1 atom stereocenters. The molecule has 0 saturated carbocycles. The number of para-hydroxylation sites is 1. The van der Waals surface area contributed by atoms with Gasteiger partial charge in [0.15, 0.2) is 4.80 Å². The minimum absolute atomic E-state index is 0.0838. The highest BCUT2D eigenvalue weighted by molar-refractivity contribution is 7.07. The molecule has 0 spiro atoms. The smallest absolute Gasteiger partial charge is 0.338 e. The van der Waals surface area contributed by atoms with Gasteiger partial charge in [-0.3, -0.25) is 9.36 Å². The minimum atomic E-state index is -0.722. The van der Waals surface area contributed by atoms with Crippen LogP contribution in [-0.2, 0) is 9.53 Å². The third-order valence-corrected chi connectivity index (χ3v) is 7.19. The van der Waals surface area contributed by atoms with E-state index >= 15 is 0 Å². The monoisotopic (exact) mass is 512 g/mol. The maximum absolute atomic E-state index is 14.0. The van der Waals surface area contributed by atoms with Crippen LogP contribution in [0.1, 0.15) is 44.9 Å². The van der Waals surface area contributed by atoms with Crippen LogP contribution >= 0.6 is 11.3 Å². The minimum Gasteiger partial charge on any atom is -0.491 e. The van der Waals surface area contributed by atoms with E-state index in [-0.39, 0.29) is 18.3 Å². The number of allylic oxidation sites excluding steroid dienone is 1. The van der Waals surface area contributed by atoms with Gasteiger partial charge in [0.1, 0.15) is 11.8 Å². The number of esters is 1. The van der Waals surface area contributed by atoms with E-state index in [1.165, 1.54) is 11.3 Å². The quantitative estimate of drug-likeness (QED) is 0.350. The summed E-state index contributed by atoms with van der Waals surface area (Å²) in [6.07, 6.45) is 1.82. The average molecular weight is 513 g/mol. The number of carbonyl (C=O) groups is 1. The Labute approximate surface area is 218 Å². The molecule has 5 rings (SSSR count). The van der Waals surface area contributed by atoms with Crippen molar-refractivity contribution in [3.63, 3.8) is 0 Å². The summed E-state index contributed by atoms with van der Waals surface area (Å²) in [6, 6.07) is 20.9. The summed E-state index contributed by atoms with van der Waals surface area (Å²) >= 11 is 1.32. The van der Waals surface area contributed by atoms with Crippen molar-refractivity contribution < 1.29 is 14.3 Å². The third kappa shape index (κ3) is 4.62. The van der Waals surface area contributed by atoms with Gasteiger partial charge in [0, 0.05) is 5.56 Å². The standard InChI is InChI=1S/C30H28N2O4S/c1-5-35-29(34)26-19(4)31-30-32(27(26)23-15-8-9-16-24(23)36-18(2)3)28(33)25(37-30)17-21-13-10-12-20-11-6-7-14-22(20)21/h6-18,27H,5H2,1-4H3/b25-17-/t27-/m1/s1. The lowest BCUT2D eigenvalue weighted by Crippen LogP contribution is -2.40. The van der Waals surface area contributed by atoms with Crippen LogP contribution in [-0.4, -0.2) is 23.2 Å². The van der Waals surface area contributed by atoms with Crippen molar-refractivity contribution in [3.8, 4) is 5.75 Å². The van der Waals surface area contributed by atoms with Gasteiger partial charge in [0.2, 0.25) is 0 Å². The van der Waals surface area contributed by atoms with Crippen LogP contribution in [0.2, 0.25) is 0 Å². The lowest BCUT2D eigenvalue weighted by Gasteiger charge is -2.26. The SMILES string of the molecule is CCOC(=O)C1=C(C)N=c2s/c(=C\c3cccc4ccccc34)c(=O)n2[C@@H]1c1ccccc1OC(C)C. The van der Waals surface area contributed by atoms with E-state index in [4.69, 9.17) is 9.47 Å². The van der Waals surface area contributed by atoms with Gasteiger partial charge in [-0.15, -0.1) is 0 Å². The summed E-state index contributed by atoms with van der Waals surface area (Å²) in [7, 11) is 0. The number of thiazole rings is 1. The molecule has 0 saturated heterocycles. The predicted molar refractivity (Wildman–Crippen MR) is 147 cm³/mol. The molecule has 2 heterocycles. The molecule has 0 amide bonds. The number of rotatable bonds is 6. The van der Waals surface area contributed by atoms with Crippen molar-refractivity contribution in [2.75, 3.05) is 6.61 Å². The normalized spacial score (nSPS) is 15.6. The largest absolute Gasteiger partial charge is 0.491 e. The zero-order valence-corrected chi connectivity index (χ0v) is 22.0. The summed E-state index contributed by atoms with van der Waals surface area (Å²) < 4.78 is 13.7. The summed E-state index contributed by atoms with van der Waals surface area (Å²) in [6.45, 7) is 7.66. The first kappa shape index (κ1) is 24.7. The van der Waals surface area contributed by atoms with Gasteiger partial charge in [-0.1, -0.05) is 72.0 Å². The fourth-order valence-electron chi connectivity index (χ4n) is 4.67. The summed E-state index contributed by atoms with van der Waals surface area (Å²) in [5.41, 5.74) is 2.32. The van der Waals surface area contributed by atoms with E-state index < -0.39 is 12.0 Å². The zero-order valence-electron chi connectivity index (χ0n) is 21.2. The molecule has 1 aromatic heterocycles. The number of benzene rings is 3. The van der Waals surface area contributed by atoms with Crippen LogP contribution in [0, 0.1) is 0 Å². The molecule has 0 bridgehead atoms. The topological polar surface area (TPSA) is 69.9 Å². The van der Waals surface area contributed by atoms with Gasteiger partial charge in [-0.25, -0.2) is 9.79 Å². The molecule has 0 radical (unpaired) electrons. The van der Waals surface area contributed by atoms with Gasteiger partial charge in [0.05, 0.1) is 28.5 Å². The zero-order chi connectivity index (χ0) is 26.1. The van der Waals surface area contributed by atoms with Gasteiger partial charge < -0.3 is 9.47 Å². The van der Waals surface area contributed by atoms with Crippen LogP contribution in [0.3, 0.4) is 0 Å². The molecule has 3 aromatic carbocycles. The van der Waals surface area contributed by atoms with Gasteiger partial charge >= 0.3 is 5.97 Å². The van der Waals surface area contributed by atoms with Crippen molar-refractivity contribution in [1.29, 1.82) is 0 Å². The molecular weight excluding hydrogens is 484 g/mol. The molecule has 7 heteroatoms. The first-order chi connectivity index (χ1) is 17.9. The summed E-state index contributed by atoms with van der Waals surface area (Å²) in [4.78, 5) is 32.4. The van der Waals surface area contributed by atoms with Crippen LogP contribution in [0.25, 0.3) is 16.8 Å². The summed E-state index contributed by atoms with van der Waals surface area (Å²) in [5.74, 6) is 0.124. The van der Waals surface area contributed by atoms with E-state index in [9.17, 15) is 9.59 Å². The van der Waals surface area contributed by atoms with Crippen LogP contribution < -0.4 is 19.6 Å². The number of carbonyl (C=O) groups excluding carboxylic acids is 1. The lowest BCUT2D eigenvalue weighted by atomic mass is 9.95. The van der Waals surface area contributed by atoms with Crippen molar-refractivity contribution in [2.45, 2.75) is 39.8 Å². The van der Waals surface area contributed by atoms with Gasteiger partial charge in [-0.05, 0) is 56.2 Å². The molecule has 6 nitrogen and oxygen atoms in total. The third-order valence-electron chi connectivity index (χ3n) is 6.20. The highest BCUT2D eigenvalue weighted by Crippen LogP contribution is 2.36. The molecule has 0 fully saturated rings. The fraction of sp³-hybridized carbons (Fsp3) is 0.233. The first-order valence-corrected chi connectivity index (χ1v) is 13.1. The van der Waals surface area contributed by atoms with Crippen LogP contribution in [0.5, 0.6) is 5.75 Å². The molecule has 0 aliphatic carbocycles. The second kappa shape index (κ2) is 10.2. The highest BCUT2D eigenvalue weighted by Gasteiger charge is 2.35. The van der Waals surface area contributed by atoms with E-state index in [0.717, 1.165) is 16.3 Å². The molecule has 1 aliphatic heterocycles. The Morgan fingerprint density at radius 1 is 1.08 bits per heavy atom. The fourth-order valence-corrected chi connectivity index (χ4v) is 5.71. The molecule has 188 valence electrons. The van der Waals surface area contributed by atoms with E-state index in [0.29, 0.717) is 31.9 Å². The van der Waals surface area contributed by atoms with Crippen molar-refractivity contribution in [2.24, 2.45) is 4.99 Å². The van der Waals surface area contributed by atoms with Crippen molar-refractivity contribution in [1.82, 2.24) is 4.57 Å². The Hall–Kier alpha value is -3.97. The average Bonchev–Trinajstić information content (AvgIpc) is 3.18. The van der Waals surface area contributed by atoms with Gasteiger partial charge in [-0.2, -0.15) is 0 Å². The Balaban J connectivity index is 1.77. The molecular formula is C30H28N2O4S.